The summed E-state index contributed by atoms with van der Waals surface area (Å²) in [6.45, 7) is 4.03. The van der Waals surface area contributed by atoms with Gasteiger partial charge in [-0.25, -0.2) is 4.39 Å². The molecule has 3 heteroatoms. The summed E-state index contributed by atoms with van der Waals surface area (Å²) in [6, 6.07) is 10.5. The van der Waals surface area contributed by atoms with E-state index < -0.39 is 0 Å². The summed E-state index contributed by atoms with van der Waals surface area (Å²) in [5.74, 6) is -0.342. The molecule has 2 aromatic carbocycles. The van der Waals surface area contributed by atoms with Crippen LogP contribution in [0.15, 0.2) is 36.4 Å². The van der Waals surface area contributed by atoms with Crippen LogP contribution in [0.3, 0.4) is 0 Å². The first-order chi connectivity index (χ1) is 8.08. The number of nitrogen functional groups attached to an aromatic ring is 1. The lowest BCUT2D eigenvalue weighted by Crippen LogP contribution is -1.98. The number of benzene rings is 2. The van der Waals surface area contributed by atoms with Crippen molar-refractivity contribution >= 4 is 17.1 Å². The highest BCUT2D eigenvalue weighted by molar-refractivity contribution is 5.66. The van der Waals surface area contributed by atoms with Gasteiger partial charge < -0.3 is 11.1 Å². The lowest BCUT2D eigenvalue weighted by Gasteiger charge is -2.12. The molecule has 0 amide bonds. The molecule has 0 spiro atoms. The van der Waals surface area contributed by atoms with E-state index in [-0.39, 0.29) is 5.82 Å². The highest BCUT2D eigenvalue weighted by Crippen LogP contribution is 2.25. The van der Waals surface area contributed by atoms with Crippen molar-refractivity contribution in [3.63, 3.8) is 0 Å². The first kappa shape index (κ1) is 11.5. The Morgan fingerprint density at radius 3 is 2.53 bits per heavy atom. The van der Waals surface area contributed by atoms with Crippen LogP contribution >= 0.6 is 0 Å². The van der Waals surface area contributed by atoms with Crippen LogP contribution in [-0.4, -0.2) is 0 Å². The van der Waals surface area contributed by atoms with Gasteiger partial charge in [0.1, 0.15) is 5.82 Å². The Morgan fingerprint density at radius 2 is 1.82 bits per heavy atom. The van der Waals surface area contributed by atoms with Crippen molar-refractivity contribution in [3.05, 3.63) is 53.3 Å². The molecule has 0 bridgehead atoms. The van der Waals surface area contributed by atoms with Crippen LogP contribution in [0.25, 0.3) is 0 Å². The fourth-order valence-electron chi connectivity index (χ4n) is 1.66. The molecular formula is C14H15FN2. The Hall–Kier alpha value is -2.03. The van der Waals surface area contributed by atoms with Crippen molar-refractivity contribution in [3.8, 4) is 0 Å². The first-order valence-electron chi connectivity index (χ1n) is 5.46. The first-order valence-corrected chi connectivity index (χ1v) is 5.46. The Kier molecular flexibility index (Phi) is 3.00. The number of aryl methyl sites for hydroxylation is 1. The van der Waals surface area contributed by atoms with E-state index in [0.717, 1.165) is 11.3 Å². The molecule has 2 nitrogen and oxygen atoms in total. The summed E-state index contributed by atoms with van der Waals surface area (Å²) < 4.78 is 13.6. The predicted molar refractivity (Wildman–Crippen MR) is 70.0 cm³/mol. The lowest BCUT2D eigenvalue weighted by atomic mass is 10.1. The molecule has 0 unspecified atom stereocenters. The third kappa shape index (κ3) is 2.38. The van der Waals surface area contributed by atoms with Crippen molar-refractivity contribution in [1.82, 2.24) is 0 Å². The van der Waals surface area contributed by atoms with Crippen LogP contribution in [0.1, 0.15) is 11.1 Å². The summed E-state index contributed by atoms with van der Waals surface area (Å²) in [5.41, 5.74) is 9.57. The SMILES string of the molecule is Cc1cccc(Nc2ccc(N)cc2F)c1C. The van der Waals surface area contributed by atoms with Gasteiger partial charge in [0.25, 0.3) is 0 Å². The molecule has 0 fully saturated rings. The van der Waals surface area contributed by atoms with E-state index in [9.17, 15) is 4.39 Å². The van der Waals surface area contributed by atoms with Gasteiger partial charge in [-0.15, -0.1) is 0 Å². The van der Waals surface area contributed by atoms with E-state index in [1.165, 1.54) is 11.6 Å². The zero-order valence-corrected chi connectivity index (χ0v) is 9.92. The molecule has 0 heterocycles. The van der Waals surface area contributed by atoms with Gasteiger partial charge >= 0.3 is 0 Å². The number of anilines is 3. The fraction of sp³-hybridized carbons (Fsp3) is 0.143. The number of halogens is 1. The molecule has 0 aliphatic carbocycles. The molecular weight excluding hydrogens is 215 g/mol. The summed E-state index contributed by atoms with van der Waals surface area (Å²) in [5, 5.41) is 3.08. The minimum absolute atomic E-state index is 0.342. The van der Waals surface area contributed by atoms with E-state index >= 15 is 0 Å². The molecule has 17 heavy (non-hydrogen) atoms. The topological polar surface area (TPSA) is 38.0 Å². The quantitative estimate of drug-likeness (QED) is 0.771. The molecule has 0 aromatic heterocycles. The number of rotatable bonds is 2. The maximum absolute atomic E-state index is 13.6. The van der Waals surface area contributed by atoms with Crippen molar-refractivity contribution in [2.75, 3.05) is 11.1 Å². The number of nitrogens with one attached hydrogen (secondary N) is 1. The summed E-state index contributed by atoms with van der Waals surface area (Å²) in [4.78, 5) is 0. The highest BCUT2D eigenvalue weighted by atomic mass is 19.1. The van der Waals surface area contributed by atoms with Gasteiger partial charge in [0.05, 0.1) is 5.69 Å². The van der Waals surface area contributed by atoms with Gasteiger partial charge in [0, 0.05) is 11.4 Å². The zero-order chi connectivity index (χ0) is 12.4. The lowest BCUT2D eigenvalue weighted by molar-refractivity contribution is 0.632. The Morgan fingerprint density at radius 1 is 1.06 bits per heavy atom. The fourth-order valence-corrected chi connectivity index (χ4v) is 1.66. The van der Waals surface area contributed by atoms with Crippen LogP contribution < -0.4 is 11.1 Å². The van der Waals surface area contributed by atoms with Crippen molar-refractivity contribution < 1.29 is 4.39 Å². The summed E-state index contributed by atoms with van der Waals surface area (Å²) in [7, 11) is 0. The molecule has 88 valence electrons. The van der Waals surface area contributed by atoms with Crippen LogP contribution in [0.5, 0.6) is 0 Å². The predicted octanol–water partition coefficient (Wildman–Crippen LogP) is 3.77. The molecule has 0 aliphatic heterocycles. The Bertz CT molecular complexity index is 550. The second-order valence-electron chi connectivity index (χ2n) is 4.11. The average Bonchev–Trinajstić information content (AvgIpc) is 2.28. The van der Waals surface area contributed by atoms with Gasteiger partial charge in [-0.3, -0.25) is 0 Å². The van der Waals surface area contributed by atoms with Crippen molar-refractivity contribution in [2.24, 2.45) is 0 Å². The van der Waals surface area contributed by atoms with E-state index in [4.69, 9.17) is 5.73 Å². The van der Waals surface area contributed by atoms with Crippen LogP contribution in [0.4, 0.5) is 21.5 Å². The normalized spacial score (nSPS) is 10.3. The smallest absolute Gasteiger partial charge is 0.148 e. The van der Waals surface area contributed by atoms with E-state index in [1.807, 2.05) is 32.0 Å². The van der Waals surface area contributed by atoms with Gasteiger partial charge in [-0.1, -0.05) is 12.1 Å². The second kappa shape index (κ2) is 4.45. The Labute approximate surface area is 100 Å². The largest absolute Gasteiger partial charge is 0.399 e. The summed E-state index contributed by atoms with van der Waals surface area (Å²) >= 11 is 0. The van der Waals surface area contributed by atoms with E-state index in [1.54, 1.807) is 12.1 Å². The van der Waals surface area contributed by atoms with Gasteiger partial charge in [0.2, 0.25) is 0 Å². The molecule has 2 aromatic rings. The summed E-state index contributed by atoms with van der Waals surface area (Å²) in [6.07, 6.45) is 0. The van der Waals surface area contributed by atoms with Gasteiger partial charge in [0.15, 0.2) is 0 Å². The Balaban J connectivity index is 2.35. The number of nitrogens with two attached hydrogens (primary N) is 1. The van der Waals surface area contributed by atoms with Gasteiger partial charge in [-0.2, -0.15) is 0 Å². The molecule has 0 aliphatic rings. The molecule has 3 N–H and O–H groups in total. The maximum Gasteiger partial charge on any atom is 0.148 e. The third-order valence-electron chi connectivity index (χ3n) is 2.87. The minimum Gasteiger partial charge on any atom is -0.399 e. The zero-order valence-electron chi connectivity index (χ0n) is 9.92. The highest BCUT2D eigenvalue weighted by Gasteiger charge is 2.05. The van der Waals surface area contributed by atoms with E-state index in [0.29, 0.717) is 11.4 Å². The van der Waals surface area contributed by atoms with E-state index in [2.05, 4.69) is 5.32 Å². The third-order valence-corrected chi connectivity index (χ3v) is 2.87. The van der Waals surface area contributed by atoms with Crippen molar-refractivity contribution in [2.45, 2.75) is 13.8 Å². The van der Waals surface area contributed by atoms with Crippen molar-refractivity contribution in [1.29, 1.82) is 0 Å². The number of hydrogen-bond donors (Lipinski definition) is 2. The van der Waals surface area contributed by atoms with Gasteiger partial charge in [-0.05, 0) is 49.2 Å². The number of hydrogen-bond acceptors (Lipinski definition) is 2. The van der Waals surface area contributed by atoms with Crippen LogP contribution in [0, 0.1) is 19.7 Å². The molecule has 0 radical (unpaired) electrons. The molecule has 0 saturated carbocycles. The standard InChI is InChI=1S/C14H15FN2/c1-9-4-3-5-13(10(9)2)17-14-7-6-11(16)8-12(14)15/h3-8,17H,16H2,1-2H3. The second-order valence-corrected chi connectivity index (χ2v) is 4.11. The average molecular weight is 230 g/mol. The van der Waals surface area contributed by atoms with Crippen LogP contribution in [-0.2, 0) is 0 Å². The maximum atomic E-state index is 13.6. The minimum atomic E-state index is -0.342. The van der Waals surface area contributed by atoms with Crippen LogP contribution in [0.2, 0.25) is 0 Å². The monoisotopic (exact) mass is 230 g/mol. The molecule has 2 rings (SSSR count). The molecule has 0 saturated heterocycles. The molecule has 0 atom stereocenters.